The third kappa shape index (κ3) is 3.36. The van der Waals surface area contributed by atoms with Gasteiger partial charge in [0.25, 0.3) is 0 Å². The highest BCUT2D eigenvalue weighted by molar-refractivity contribution is 6.46. The van der Waals surface area contributed by atoms with Gasteiger partial charge in [0.2, 0.25) is 0 Å². The molecule has 1 aromatic heterocycles. The van der Waals surface area contributed by atoms with Crippen LogP contribution in [-0.4, -0.2) is 16.1 Å². The second-order valence-electron chi connectivity index (χ2n) is 3.97. The topological polar surface area (TPSA) is 50.2 Å². The second kappa shape index (κ2) is 6.19. The number of aromatic nitrogens is 1. The predicted octanol–water partition coefficient (Wildman–Crippen LogP) is 4.99. The van der Waals surface area contributed by atoms with Gasteiger partial charge in [-0.25, -0.2) is 4.98 Å². The molecule has 104 valence electrons. The highest BCUT2D eigenvalue weighted by atomic mass is 35.5. The summed E-state index contributed by atoms with van der Waals surface area (Å²) in [6.45, 7) is 0. The fourth-order valence-electron chi connectivity index (χ4n) is 1.72. The minimum atomic E-state index is -0.971. The van der Waals surface area contributed by atoms with Crippen molar-refractivity contribution < 1.29 is 9.90 Å². The lowest BCUT2D eigenvalue weighted by atomic mass is 10.1. The number of carboxylic acid groups (broad SMARTS) is 1. The molecule has 0 bridgehead atoms. The Morgan fingerprint density at radius 2 is 1.75 bits per heavy atom. The summed E-state index contributed by atoms with van der Waals surface area (Å²) in [6.07, 6.45) is -0.176. The lowest BCUT2D eigenvalue weighted by molar-refractivity contribution is -0.136. The molecule has 2 rings (SSSR count). The van der Waals surface area contributed by atoms with Crippen LogP contribution in [0.25, 0.3) is 11.3 Å². The number of rotatable bonds is 3. The van der Waals surface area contributed by atoms with Gasteiger partial charge in [0.05, 0.1) is 27.2 Å². The Labute approximate surface area is 135 Å². The Morgan fingerprint density at radius 3 is 2.40 bits per heavy atom. The number of carbonyl (C=O) groups is 1. The zero-order valence-electron chi connectivity index (χ0n) is 9.83. The van der Waals surface area contributed by atoms with E-state index in [0.29, 0.717) is 26.9 Å². The first-order valence-corrected chi connectivity index (χ1v) is 6.92. The lowest BCUT2D eigenvalue weighted by Crippen LogP contribution is -2.01. The van der Waals surface area contributed by atoms with E-state index >= 15 is 0 Å². The molecule has 0 aliphatic heterocycles. The zero-order valence-corrected chi connectivity index (χ0v) is 12.9. The minimum absolute atomic E-state index is 0.158. The molecule has 0 unspecified atom stereocenters. The molecule has 1 N–H and O–H groups in total. The average Bonchev–Trinajstić information content (AvgIpc) is 2.33. The van der Waals surface area contributed by atoms with E-state index in [1.54, 1.807) is 18.2 Å². The minimum Gasteiger partial charge on any atom is -0.481 e. The summed E-state index contributed by atoms with van der Waals surface area (Å²) in [4.78, 5) is 14.9. The first kappa shape index (κ1) is 15.4. The molecular formula is C13H7Cl4NO2. The molecule has 20 heavy (non-hydrogen) atoms. The molecule has 7 heteroatoms. The lowest BCUT2D eigenvalue weighted by Gasteiger charge is -2.09. The fraction of sp³-hybridized carbons (Fsp3) is 0.0769. The van der Waals surface area contributed by atoms with Crippen LogP contribution in [0.3, 0.4) is 0 Å². The summed E-state index contributed by atoms with van der Waals surface area (Å²) in [7, 11) is 0. The van der Waals surface area contributed by atoms with Crippen molar-refractivity contribution >= 4 is 52.4 Å². The van der Waals surface area contributed by atoms with Gasteiger partial charge in [0, 0.05) is 5.56 Å². The Kier molecular flexibility index (Phi) is 4.76. The zero-order chi connectivity index (χ0) is 14.9. The smallest absolute Gasteiger partial charge is 0.307 e. The van der Waals surface area contributed by atoms with E-state index in [1.165, 1.54) is 6.07 Å². The van der Waals surface area contributed by atoms with Crippen LogP contribution < -0.4 is 0 Å². The largest absolute Gasteiger partial charge is 0.481 e. The maximum absolute atomic E-state index is 10.8. The summed E-state index contributed by atoms with van der Waals surface area (Å²) in [5.41, 5.74) is 1.31. The van der Waals surface area contributed by atoms with Crippen LogP contribution in [0.2, 0.25) is 20.2 Å². The van der Waals surface area contributed by atoms with Crippen LogP contribution in [0.5, 0.6) is 0 Å². The van der Waals surface area contributed by atoms with Gasteiger partial charge >= 0.3 is 5.97 Å². The Hall–Kier alpha value is -1.000. The molecule has 2 aromatic rings. The van der Waals surface area contributed by atoms with Crippen LogP contribution in [0.4, 0.5) is 0 Å². The van der Waals surface area contributed by atoms with Crippen LogP contribution in [0.1, 0.15) is 5.56 Å². The normalized spacial score (nSPS) is 10.6. The molecule has 0 fully saturated rings. The number of pyridine rings is 1. The van der Waals surface area contributed by atoms with E-state index in [-0.39, 0.29) is 16.6 Å². The van der Waals surface area contributed by atoms with Gasteiger partial charge in [-0.05, 0) is 29.8 Å². The number of halogens is 4. The quantitative estimate of drug-likeness (QED) is 0.626. The molecule has 0 saturated carbocycles. The summed E-state index contributed by atoms with van der Waals surface area (Å²) >= 11 is 24.1. The van der Waals surface area contributed by atoms with Crippen LogP contribution >= 0.6 is 46.4 Å². The Balaban J connectivity index is 2.61. The highest BCUT2D eigenvalue weighted by Gasteiger charge is 2.15. The second-order valence-corrected chi connectivity index (χ2v) is 5.55. The molecule has 0 aliphatic carbocycles. The summed E-state index contributed by atoms with van der Waals surface area (Å²) in [6, 6.07) is 6.21. The summed E-state index contributed by atoms with van der Waals surface area (Å²) in [5, 5.41) is 9.92. The maximum Gasteiger partial charge on any atom is 0.307 e. The number of carboxylic acids is 1. The Morgan fingerprint density at radius 1 is 1.10 bits per heavy atom. The third-order valence-electron chi connectivity index (χ3n) is 2.51. The van der Waals surface area contributed by atoms with E-state index in [0.717, 1.165) is 0 Å². The van der Waals surface area contributed by atoms with Crippen LogP contribution in [-0.2, 0) is 11.2 Å². The molecule has 3 nitrogen and oxygen atoms in total. The van der Waals surface area contributed by atoms with Crippen molar-refractivity contribution in [3.63, 3.8) is 0 Å². The van der Waals surface area contributed by atoms with Crippen molar-refractivity contribution in [3.8, 4) is 11.3 Å². The number of benzene rings is 1. The summed E-state index contributed by atoms with van der Waals surface area (Å²) < 4.78 is 0. The van der Waals surface area contributed by atoms with Gasteiger partial charge < -0.3 is 5.11 Å². The summed E-state index contributed by atoms with van der Waals surface area (Å²) in [5.74, 6) is -0.971. The molecule has 1 heterocycles. The fourth-order valence-corrected chi connectivity index (χ4v) is 2.67. The molecular weight excluding hydrogens is 344 g/mol. The van der Waals surface area contributed by atoms with E-state index in [2.05, 4.69) is 4.98 Å². The number of aliphatic carboxylic acids is 1. The van der Waals surface area contributed by atoms with Crippen LogP contribution in [0, 0.1) is 0 Å². The standard InChI is InChI=1S/C13H7Cl4NO2/c14-7-1-2-8(15)13(17)12(7)9-3-6(5-11(19)20)4-10(16)18-9/h1-4H,5H2,(H,19,20). The first-order valence-electron chi connectivity index (χ1n) is 5.40. The molecule has 0 radical (unpaired) electrons. The van der Waals surface area contributed by atoms with Gasteiger partial charge in [-0.2, -0.15) is 0 Å². The molecule has 0 spiro atoms. The van der Waals surface area contributed by atoms with Crippen molar-refractivity contribution in [3.05, 3.63) is 50.0 Å². The van der Waals surface area contributed by atoms with Gasteiger partial charge in [-0.1, -0.05) is 46.4 Å². The van der Waals surface area contributed by atoms with Gasteiger partial charge in [0.15, 0.2) is 0 Å². The van der Waals surface area contributed by atoms with Crippen molar-refractivity contribution in [2.45, 2.75) is 6.42 Å². The van der Waals surface area contributed by atoms with E-state index in [9.17, 15) is 4.79 Å². The monoisotopic (exact) mass is 349 g/mol. The van der Waals surface area contributed by atoms with E-state index in [4.69, 9.17) is 51.5 Å². The van der Waals surface area contributed by atoms with Gasteiger partial charge in [-0.3, -0.25) is 4.79 Å². The molecule has 0 amide bonds. The molecule has 0 atom stereocenters. The van der Waals surface area contributed by atoms with Crippen molar-refractivity contribution in [2.75, 3.05) is 0 Å². The molecule has 0 aliphatic rings. The predicted molar refractivity (Wildman–Crippen MR) is 81.1 cm³/mol. The maximum atomic E-state index is 10.8. The Bertz CT molecular complexity index is 688. The van der Waals surface area contributed by atoms with Crippen LogP contribution in [0.15, 0.2) is 24.3 Å². The highest BCUT2D eigenvalue weighted by Crippen LogP contribution is 2.38. The van der Waals surface area contributed by atoms with Crippen molar-refractivity contribution in [2.24, 2.45) is 0 Å². The SMILES string of the molecule is O=C(O)Cc1cc(Cl)nc(-c2c(Cl)ccc(Cl)c2Cl)c1. The van der Waals surface area contributed by atoms with Gasteiger partial charge in [-0.15, -0.1) is 0 Å². The van der Waals surface area contributed by atoms with E-state index < -0.39 is 5.97 Å². The number of nitrogens with zero attached hydrogens (tertiary/aromatic N) is 1. The average molecular weight is 351 g/mol. The molecule has 1 aromatic carbocycles. The number of hydrogen-bond donors (Lipinski definition) is 1. The van der Waals surface area contributed by atoms with Gasteiger partial charge in [0.1, 0.15) is 5.15 Å². The van der Waals surface area contributed by atoms with E-state index in [1.807, 2.05) is 0 Å². The third-order valence-corrected chi connectivity index (χ3v) is 3.82. The number of hydrogen-bond acceptors (Lipinski definition) is 2. The first-order chi connectivity index (χ1) is 9.38. The van der Waals surface area contributed by atoms with Crippen molar-refractivity contribution in [1.82, 2.24) is 4.98 Å². The van der Waals surface area contributed by atoms with Crippen molar-refractivity contribution in [1.29, 1.82) is 0 Å². The molecule has 0 saturated heterocycles.